The second-order valence-electron chi connectivity index (χ2n) is 4.85. The summed E-state index contributed by atoms with van der Waals surface area (Å²) in [7, 11) is 1.69. The number of aromatic nitrogens is 2. The van der Waals surface area contributed by atoms with Crippen molar-refractivity contribution in [3.05, 3.63) is 22.2 Å². The van der Waals surface area contributed by atoms with E-state index in [2.05, 4.69) is 20.6 Å². The molecule has 0 aliphatic carbocycles. The van der Waals surface area contributed by atoms with Crippen LogP contribution < -0.4 is 16.2 Å². The summed E-state index contributed by atoms with van der Waals surface area (Å²) < 4.78 is 5.37. The zero-order valence-corrected chi connectivity index (χ0v) is 11.0. The molecule has 0 aromatic carbocycles. The van der Waals surface area contributed by atoms with Crippen molar-refractivity contribution in [2.75, 3.05) is 25.5 Å². The van der Waals surface area contributed by atoms with Crippen molar-refractivity contribution in [1.82, 2.24) is 15.3 Å². The molecule has 3 N–H and O–H groups in total. The number of aromatic amines is 1. The minimum Gasteiger partial charge on any atom is -0.378 e. The lowest BCUT2D eigenvalue weighted by molar-refractivity contribution is 0.111. The van der Waals surface area contributed by atoms with Crippen molar-refractivity contribution in [3.8, 4) is 0 Å². The highest BCUT2D eigenvalue weighted by Crippen LogP contribution is 2.13. The summed E-state index contributed by atoms with van der Waals surface area (Å²) in [6.07, 6.45) is 0.105. The van der Waals surface area contributed by atoms with Crippen LogP contribution in [0.2, 0.25) is 0 Å². The fourth-order valence-corrected chi connectivity index (χ4v) is 2.06. The first-order valence-electron chi connectivity index (χ1n) is 6.21. The van der Waals surface area contributed by atoms with E-state index in [9.17, 15) is 4.79 Å². The molecule has 1 unspecified atom stereocenters. The predicted octanol–water partition coefficient (Wildman–Crippen LogP) is 0.292. The van der Waals surface area contributed by atoms with Crippen LogP contribution in [0, 0.1) is 0 Å². The Kier molecular flexibility index (Phi) is 3.98. The third-order valence-electron chi connectivity index (χ3n) is 3.10. The second kappa shape index (κ2) is 5.49. The number of rotatable bonds is 4. The lowest BCUT2D eigenvalue weighted by Crippen LogP contribution is -2.34. The molecule has 6 heteroatoms. The Labute approximate surface area is 106 Å². The summed E-state index contributed by atoms with van der Waals surface area (Å²) in [5.41, 5.74) is -0.129. The maximum Gasteiger partial charge on any atom is 0.252 e. The van der Waals surface area contributed by atoms with Gasteiger partial charge in [0.2, 0.25) is 0 Å². The van der Waals surface area contributed by atoms with Crippen molar-refractivity contribution in [2.45, 2.75) is 31.9 Å². The Bertz CT molecular complexity index is 458. The summed E-state index contributed by atoms with van der Waals surface area (Å²) in [5, 5.41) is 6.50. The van der Waals surface area contributed by atoms with E-state index in [1.165, 1.54) is 6.07 Å². The van der Waals surface area contributed by atoms with Gasteiger partial charge in [-0.3, -0.25) is 4.79 Å². The lowest BCUT2D eigenvalue weighted by atomic mass is 10.2. The number of methoxy groups -OCH3 is 1. The molecule has 1 aliphatic heterocycles. The predicted molar refractivity (Wildman–Crippen MR) is 70.0 cm³/mol. The molecule has 6 nitrogen and oxygen atoms in total. The van der Waals surface area contributed by atoms with Gasteiger partial charge in [-0.25, -0.2) is 4.98 Å². The van der Waals surface area contributed by atoms with Gasteiger partial charge in [0.15, 0.2) is 0 Å². The molecule has 100 valence electrons. The Balaban J connectivity index is 2.16. The first-order valence-corrected chi connectivity index (χ1v) is 6.21. The van der Waals surface area contributed by atoms with Crippen molar-refractivity contribution in [3.63, 3.8) is 0 Å². The van der Waals surface area contributed by atoms with Crippen molar-refractivity contribution >= 4 is 5.82 Å². The van der Waals surface area contributed by atoms with E-state index >= 15 is 0 Å². The van der Waals surface area contributed by atoms with Crippen molar-refractivity contribution in [1.29, 1.82) is 0 Å². The first kappa shape index (κ1) is 13.0. The molecule has 1 fully saturated rings. The lowest BCUT2D eigenvalue weighted by Gasteiger charge is -2.19. The van der Waals surface area contributed by atoms with E-state index in [1.807, 2.05) is 13.8 Å². The van der Waals surface area contributed by atoms with Gasteiger partial charge in [-0.15, -0.1) is 0 Å². The SMILES string of the molecule is CO[C@H]1CNCC1Nc1cc(=O)[nH]c(C(C)C)n1. The molecule has 0 saturated carbocycles. The van der Waals surface area contributed by atoms with E-state index in [0.29, 0.717) is 11.6 Å². The van der Waals surface area contributed by atoms with E-state index in [-0.39, 0.29) is 23.6 Å². The summed E-state index contributed by atoms with van der Waals surface area (Å²) in [4.78, 5) is 18.7. The highest BCUT2D eigenvalue weighted by atomic mass is 16.5. The molecular weight excluding hydrogens is 232 g/mol. The molecule has 2 rings (SSSR count). The largest absolute Gasteiger partial charge is 0.378 e. The van der Waals surface area contributed by atoms with Gasteiger partial charge in [-0.1, -0.05) is 13.8 Å². The van der Waals surface area contributed by atoms with Crippen LogP contribution in [-0.2, 0) is 4.74 Å². The number of nitrogens with one attached hydrogen (secondary N) is 3. The van der Waals surface area contributed by atoms with Crippen LogP contribution >= 0.6 is 0 Å². The average Bonchev–Trinajstić information content (AvgIpc) is 2.75. The van der Waals surface area contributed by atoms with Gasteiger partial charge < -0.3 is 20.4 Å². The molecule has 1 aromatic heterocycles. The molecule has 18 heavy (non-hydrogen) atoms. The molecule has 0 bridgehead atoms. The number of H-pyrrole nitrogens is 1. The zero-order chi connectivity index (χ0) is 13.1. The summed E-state index contributed by atoms with van der Waals surface area (Å²) >= 11 is 0. The van der Waals surface area contributed by atoms with Crippen LogP contribution in [0.3, 0.4) is 0 Å². The average molecular weight is 252 g/mol. The van der Waals surface area contributed by atoms with E-state index in [1.54, 1.807) is 7.11 Å². The van der Waals surface area contributed by atoms with Crippen LogP contribution in [0.15, 0.2) is 10.9 Å². The summed E-state index contributed by atoms with van der Waals surface area (Å²) in [5.74, 6) is 1.50. The maximum atomic E-state index is 11.6. The Hall–Kier alpha value is -1.40. The van der Waals surface area contributed by atoms with Gasteiger partial charge in [0.25, 0.3) is 5.56 Å². The molecule has 0 amide bonds. The molecule has 0 radical (unpaired) electrons. The highest BCUT2D eigenvalue weighted by molar-refractivity contribution is 5.35. The smallest absolute Gasteiger partial charge is 0.252 e. The molecule has 0 spiro atoms. The molecular formula is C12H20N4O2. The van der Waals surface area contributed by atoms with Crippen LogP contribution in [0.4, 0.5) is 5.82 Å². The number of anilines is 1. The number of ether oxygens (including phenoxy) is 1. The van der Waals surface area contributed by atoms with Crippen LogP contribution in [-0.4, -0.2) is 42.3 Å². The van der Waals surface area contributed by atoms with E-state index in [4.69, 9.17) is 4.74 Å². The number of hydrogen-bond acceptors (Lipinski definition) is 5. The van der Waals surface area contributed by atoms with E-state index < -0.39 is 0 Å². The minimum atomic E-state index is -0.129. The monoisotopic (exact) mass is 252 g/mol. The van der Waals surface area contributed by atoms with Gasteiger partial charge >= 0.3 is 0 Å². The summed E-state index contributed by atoms with van der Waals surface area (Å²) in [6.45, 7) is 5.62. The van der Waals surface area contributed by atoms with Gasteiger partial charge in [-0.05, 0) is 0 Å². The standard InChI is InChI=1S/C12H20N4O2/c1-7(2)12-15-10(4-11(17)16-12)14-8-5-13-6-9(8)18-3/h4,7-9,13H,5-6H2,1-3H3,(H2,14,15,16,17)/t8?,9-/m0/s1. The number of hydrogen-bond donors (Lipinski definition) is 3. The topological polar surface area (TPSA) is 79.0 Å². The molecule has 1 aliphatic rings. The maximum absolute atomic E-state index is 11.6. The third-order valence-corrected chi connectivity index (χ3v) is 3.10. The van der Waals surface area contributed by atoms with Gasteiger partial charge in [-0.2, -0.15) is 0 Å². The molecule has 2 atom stereocenters. The first-order chi connectivity index (χ1) is 8.60. The Morgan fingerprint density at radius 3 is 2.94 bits per heavy atom. The highest BCUT2D eigenvalue weighted by Gasteiger charge is 2.27. The van der Waals surface area contributed by atoms with Crippen LogP contribution in [0.5, 0.6) is 0 Å². The van der Waals surface area contributed by atoms with Crippen LogP contribution in [0.1, 0.15) is 25.6 Å². The molecule has 1 aromatic rings. The van der Waals surface area contributed by atoms with Crippen molar-refractivity contribution in [2.24, 2.45) is 0 Å². The van der Waals surface area contributed by atoms with Gasteiger partial charge in [0, 0.05) is 32.2 Å². The van der Waals surface area contributed by atoms with E-state index in [0.717, 1.165) is 13.1 Å². The fraction of sp³-hybridized carbons (Fsp3) is 0.667. The molecule has 1 saturated heterocycles. The Morgan fingerprint density at radius 2 is 2.28 bits per heavy atom. The fourth-order valence-electron chi connectivity index (χ4n) is 2.06. The van der Waals surface area contributed by atoms with Gasteiger partial charge in [0.1, 0.15) is 11.6 Å². The van der Waals surface area contributed by atoms with Crippen LogP contribution in [0.25, 0.3) is 0 Å². The normalized spacial score (nSPS) is 23.6. The van der Waals surface area contributed by atoms with Gasteiger partial charge in [0.05, 0.1) is 12.1 Å². The quantitative estimate of drug-likeness (QED) is 0.718. The third kappa shape index (κ3) is 2.88. The second-order valence-corrected chi connectivity index (χ2v) is 4.85. The summed E-state index contributed by atoms with van der Waals surface area (Å²) in [6, 6.07) is 1.63. The Morgan fingerprint density at radius 1 is 1.50 bits per heavy atom. The number of nitrogens with zero attached hydrogens (tertiary/aromatic N) is 1. The zero-order valence-electron chi connectivity index (χ0n) is 11.0. The molecule has 2 heterocycles. The van der Waals surface area contributed by atoms with Crippen molar-refractivity contribution < 1.29 is 4.74 Å². The minimum absolute atomic E-state index is 0.105.